The number of hydrogen-bond donors (Lipinski definition) is 1. The van der Waals surface area contributed by atoms with Crippen molar-refractivity contribution in [3.8, 4) is 0 Å². The van der Waals surface area contributed by atoms with E-state index in [1.807, 2.05) is 11.8 Å². The normalized spacial score (nSPS) is 24.6. The van der Waals surface area contributed by atoms with Crippen molar-refractivity contribution >= 4 is 40.6 Å². The van der Waals surface area contributed by atoms with E-state index >= 15 is 0 Å². The maximum Gasteiger partial charge on any atom is 0.282 e. The fourth-order valence-electron chi connectivity index (χ4n) is 2.07. The molecule has 2 rings (SSSR count). The third kappa shape index (κ3) is 3.33. The molecule has 1 aromatic rings. The summed E-state index contributed by atoms with van der Waals surface area (Å²) in [7, 11) is 0. The van der Waals surface area contributed by atoms with Gasteiger partial charge in [0, 0.05) is 11.3 Å². The molecule has 0 radical (unpaired) electrons. The smallest absolute Gasteiger partial charge is 0.282 e. The number of nitrogens with zero attached hydrogens (tertiary/aromatic N) is 2. The lowest BCUT2D eigenvalue weighted by Gasteiger charge is -2.30. The van der Waals surface area contributed by atoms with Crippen LogP contribution < -0.4 is 5.32 Å². The Kier molecular flexibility index (Phi) is 4.64. The molecule has 0 saturated heterocycles. The van der Waals surface area contributed by atoms with E-state index in [4.69, 9.17) is 11.6 Å². The third-order valence-corrected chi connectivity index (χ3v) is 5.10. The molecule has 94 valence electrons. The summed E-state index contributed by atoms with van der Waals surface area (Å²) in [6, 6.07) is 0.244. The van der Waals surface area contributed by atoms with Crippen molar-refractivity contribution < 1.29 is 4.79 Å². The first kappa shape index (κ1) is 13.1. The van der Waals surface area contributed by atoms with E-state index in [9.17, 15) is 4.79 Å². The van der Waals surface area contributed by atoms with Gasteiger partial charge in [-0.2, -0.15) is 11.8 Å². The number of hydrogen-bond acceptors (Lipinski definition) is 5. The molecule has 0 aliphatic heterocycles. The van der Waals surface area contributed by atoms with Gasteiger partial charge in [0.05, 0.1) is 0 Å². The van der Waals surface area contributed by atoms with Crippen molar-refractivity contribution in [1.82, 2.24) is 15.5 Å². The second-order valence-corrected chi connectivity index (χ2v) is 6.64. The Morgan fingerprint density at radius 3 is 2.88 bits per heavy atom. The van der Waals surface area contributed by atoms with Crippen molar-refractivity contribution in [3.63, 3.8) is 0 Å². The van der Waals surface area contributed by atoms with E-state index in [0.29, 0.717) is 14.7 Å². The number of aromatic nitrogens is 2. The lowest BCUT2D eigenvalue weighted by Crippen LogP contribution is -2.43. The molecule has 1 heterocycles. The van der Waals surface area contributed by atoms with Gasteiger partial charge in [0.1, 0.15) is 0 Å². The molecule has 1 fully saturated rings. The van der Waals surface area contributed by atoms with E-state index in [1.165, 1.54) is 19.3 Å². The fraction of sp³-hybridized carbons (Fsp3) is 0.700. The quantitative estimate of drug-likeness (QED) is 0.930. The summed E-state index contributed by atoms with van der Waals surface area (Å²) in [6.07, 6.45) is 6.74. The second-order valence-electron chi connectivity index (χ2n) is 4.00. The molecule has 4 nitrogen and oxygen atoms in total. The van der Waals surface area contributed by atoms with Crippen LogP contribution in [0.2, 0.25) is 4.47 Å². The minimum Gasteiger partial charge on any atom is -0.346 e. The summed E-state index contributed by atoms with van der Waals surface area (Å²) in [5, 5.41) is 11.3. The number of amides is 1. The highest BCUT2D eigenvalue weighted by molar-refractivity contribution is 7.99. The molecule has 1 amide bonds. The van der Waals surface area contributed by atoms with Crippen LogP contribution in [0.15, 0.2) is 0 Å². The number of carbonyl (C=O) groups is 1. The van der Waals surface area contributed by atoms with Crippen molar-refractivity contribution in [2.45, 2.75) is 37.0 Å². The van der Waals surface area contributed by atoms with Crippen LogP contribution in [0.4, 0.5) is 0 Å². The summed E-state index contributed by atoms with van der Waals surface area (Å²) in [5.74, 6) is -0.152. The maximum absolute atomic E-state index is 11.9. The zero-order valence-corrected chi connectivity index (χ0v) is 11.9. The topological polar surface area (TPSA) is 54.9 Å². The van der Waals surface area contributed by atoms with Crippen LogP contribution in [0.1, 0.15) is 35.5 Å². The number of rotatable bonds is 3. The van der Waals surface area contributed by atoms with Gasteiger partial charge in [0.25, 0.3) is 5.91 Å². The Morgan fingerprint density at radius 2 is 2.24 bits per heavy atom. The van der Waals surface area contributed by atoms with E-state index in [2.05, 4.69) is 21.8 Å². The number of thioether (sulfide) groups is 1. The Hall–Kier alpha value is -0.330. The third-order valence-electron chi connectivity index (χ3n) is 2.92. The molecule has 1 aromatic heterocycles. The van der Waals surface area contributed by atoms with Gasteiger partial charge in [-0.1, -0.05) is 24.2 Å². The second kappa shape index (κ2) is 6.02. The highest BCUT2D eigenvalue weighted by Crippen LogP contribution is 2.27. The van der Waals surface area contributed by atoms with E-state index in [0.717, 1.165) is 17.8 Å². The van der Waals surface area contributed by atoms with Gasteiger partial charge >= 0.3 is 0 Å². The van der Waals surface area contributed by atoms with Gasteiger partial charge in [-0.3, -0.25) is 4.79 Å². The Labute approximate surface area is 114 Å². The summed E-state index contributed by atoms with van der Waals surface area (Å²) in [4.78, 5) is 11.9. The van der Waals surface area contributed by atoms with Crippen LogP contribution in [0.3, 0.4) is 0 Å². The van der Waals surface area contributed by atoms with Gasteiger partial charge in [-0.05, 0) is 30.7 Å². The molecule has 1 aliphatic carbocycles. The zero-order chi connectivity index (χ0) is 12.3. The standard InChI is InChI=1S/C10H14ClN3OS2/c1-16-7-5-3-2-4-6(7)12-8(15)9-13-14-10(11)17-9/h6-7H,2-5H2,1H3,(H,12,15). The summed E-state index contributed by atoms with van der Waals surface area (Å²) < 4.78 is 0.306. The summed E-state index contributed by atoms with van der Waals surface area (Å²) >= 11 is 8.60. The van der Waals surface area contributed by atoms with Gasteiger partial charge in [-0.15, -0.1) is 10.2 Å². The lowest BCUT2D eigenvalue weighted by atomic mass is 9.95. The first-order valence-corrected chi connectivity index (χ1v) is 8.01. The van der Waals surface area contributed by atoms with Crippen molar-refractivity contribution in [1.29, 1.82) is 0 Å². The Morgan fingerprint density at radius 1 is 1.47 bits per heavy atom. The predicted molar refractivity (Wildman–Crippen MR) is 71.9 cm³/mol. The molecule has 2 atom stereocenters. The molecule has 1 aliphatic rings. The molecule has 0 aromatic carbocycles. The van der Waals surface area contributed by atoms with E-state index < -0.39 is 0 Å². The molecule has 17 heavy (non-hydrogen) atoms. The molecule has 2 unspecified atom stereocenters. The summed E-state index contributed by atoms with van der Waals surface area (Å²) in [6.45, 7) is 0. The lowest BCUT2D eigenvalue weighted by molar-refractivity contribution is 0.0928. The fourth-order valence-corrected chi connectivity index (χ4v) is 3.74. The minimum absolute atomic E-state index is 0.152. The Balaban J connectivity index is 1.97. The van der Waals surface area contributed by atoms with Crippen LogP contribution in [0.5, 0.6) is 0 Å². The SMILES string of the molecule is CSC1CCCCC1NC(=O)c1nnc(Cl)s1. The minimum atomic E-state index is -0.152. The van der Waals surface area contributed by atoms with Crippen LogP contribution in [0, 0.1) is 0 Å². The molecule has 1 saturated carbocycles. The highest BCUT2D eigenvalue weighted by Gasteiger charge is 2.26. The number of halogens is 1. The van der Waals surface area contributed by atoms with Crippen LogP contribution in [-0.2, 0) is 0 Å². The average Bonchev–Trinajstić information content (AvgIpc) is 2.77. The number of carbonyl (C=O) groups excluding carboxylic acids is 1. The average molecular weight is 292 g/mol. The van der Waals surface area contributed by atoms with Crippen molar-refractivity contribution in [2.24, 2.45) is 0 Å². The predicted octanol–water partition coefficient (Wildman–Crippen LogP) is 2.60. The highest BCUT2D eigenvalue weighted by atomic mass is 35.5. The van der Waals surface area contributed by atoms with Gasteiger partial charge in [0.2, 0.25) is 9.47 Å². The Bertz CT molecular complexity index is 399. The molecule has 7 heteroatoms. The zero-order valence-electron chi connectivity index (χ0n) is 9.48. The van der Waals surface area contributed by atoms with Crippen LogP contribution in [0.25, 0.3) is 0 Å². The van der Waals surface area contributed by atoms with Crippen LogP contribution >= 0.6 is 34.7 Å². The van der Waals surface area contributed by atoms with Gasteiger partial charge in [-0.25, -0.2) is 0 Å². The molecular formula is C10H14ClN3OS2. The number of nitrogens with one attached hydrogen (secondary N) is 1. The maximum atomic E-state index is 11.9. The molecule has 1 N–H and O–H groups in total. The van der Waals surface area contributed by atoms with Crippen molar-refractivity contribution in [2.75, 3.05) is 6.26 Å². The monoisotopic (exact) mass is 291 g/mol. The van der Waals surface area contributed by atoms with Gasteiger partial charge < -0.3 is 5.32 Å². The first-order valence-electron chi connectivity index (χ1n) is 5.53. The van der Waals surface area contributed by atoms with Gasteiger partial charge in [0.15, 0.2) is 0 Å². The molecule has 0 spiro atoms. The first-order chi connectivity index (χ1) is 8.20. The van der Waals surface area contributed by atoms with Crippen LogP contribution in [-0.4, -0.2) is 33.7 Å². The van der Waals surface area contributed by atoms with E-state index in [1.54, 1.807) is 0 Å². The summed E-state index contributed by atoms with van der Waals surface area (Å²) in [5.41, 5.74) is 0. The van der Waals surface area contributed by atoms with E-state index in [-0.39, 0.29) is 11.9 Å². The molecule has 0 bridgehead atoms. The molecular weight excluding hydrogens is 278 g/mol. The largest absolute Gasteiger partial charge is 0.346 e. The van der Waals surface area contributed by atoms with Crippen molar-refractivity contribution in [3.05, 3.63) is 9.47 Å².